The first-order valence-corrected chi connectivity index (χ1v) is 7.05. The fourth-order valence-corrected chi connectivity index (χ4v) is 2.66. The third kappa shape index (κ3) is 3.78. The van der Waals surface area contributed by atoms with Gasteiger partial charge in [0.1, 0.15) is 11.0 Å². The molecule has 0 N–H and O–H groups in total. The van der Waals surface area contributed by atoms with E-state index in [2.05, 4.69) is 18.8 Å². The van der Waals surface area contributed by atoms with Crippen LogP contribution in [0.25, 0.3) is 0 Å². The number of halogens is 4. The molecule has 0 aliphatic carbocycles. The number of alkyl halides is 3. The smallest absolute Gasteiger partial charge is 0.357 e. The zero-order chi connectivity index (χ0) is 15.0. The Morgan fingerprint density at radius 3 is 2.55 bits per heavy atom. The van der Waals surface area contributed by atoms with Gasteiger partial charge in [0.25, 0.3) is 0 Å². The molecule has 0 amide bonds. The second kappa shape index (κ2) is 5.43. The van der Waals surface area contributed by atoms with Crippen molar-refractivity contribution in [1.29, 1.82) is 0 Å². The summed E-state index contributed by atoms with van der Waals surface area (Å²) in [5, 5.41) is -0.113. The van der Waals surface area contributed by atoms with Gasteiger partial charge in [0, 0.05) is 13.1 Å². The topological polar surface area (TPSA) is 16.1 Å². The quantitative estimate of drug-likeness (QED) is 0.695. The summed E-state index contributed by atoms with van der Waals surface area (Å²) in [7, 11) is 0. The summed E-state index contributed by atoms with van der Waals surface area (Å²) in [6.07, 6.45) is -1.45. The van der Waals surface area contributed by atoms with Crippen LogP contribution in [0.3, 0.4) is 0 Å². The third-order valence-electron chi connectivity index (χ3n) is 3.77. The van der Waals surface area contributed by atoms with Gasteiger partial charge in [-0.3, -0.25) is 0 Å². The lowest BCUT2D eigenvalue weighted by Crippen LogP contribution is -2.26. The molecular formula is C14H18ClF3N2. The van der Waals surface area contributed by atoms with Crippen molar-refractivity contribution in [2.24, 2.45) is 5.41 Å². The van der Waals surface area contributed by atoms with E-state index in [1.807, 2.05) is 4.90 Å². The van der Waals surface area contributed by atoms with Crippen molar-refractivity contribution in [3.63, 3.8) is 0 Å². The number of rotatable bonds is 1. The molecule has 1 aromatic heterocycles. The predicted octanol–water partition coefficient (Wildman–Crippen LogP) is 4.77. The minimum atomic E-state index is -4.40. The van der Waals surface area contributed by atoms with Crippen LogP contribution in [0.5, 0.6) is 0 Å². The molecule has 1 aliphatic heterocycles. The average Bonchev–Trinajstić information content (AvgIpc) is 2.48. The molecule has 0 spiro atoms. The fourth-order valence-electron chi connectivity index (χ4n) is 2.46. The maximum absolute atomic E-state index is 12.8. The van der Waals surface area contributed by atoms with Crippen LogP contribution in [-0.4, -0.2) is 18.1 Å². The molecule has 0 saturated carbocycles. The van der Waals surface area contributed by atoms with Gasteiger partial charge in [0.15, 0.2) is 0 Å². The van der Waals surface area contributed by atoms with Crippen LogP contribution >= 0.6 is 11.6 Å². The van der Waals surface area contributed by atoms with Gasteiger partial charge in [-0.25, -0.2) is 4.98 Å². The highest BCUT2D eigenvalue weighted by Gasteiger charge is 2.32. The van der Waals surface area contributed by atoms with E-state index in [-0.39, 0.29) is 10.6 Å². The van der Waals surface area contributed by atoms with Crippen molar-refractivity contribution in [2.75, 3.05) is 18.0 Å². The van der Waals surface area contributed by atoms with Crippen molar-refractivity contribution in [3.8, 4) is 0 Å². The van der Waals surface area contributed by atoms with E-state index in [0.717, 1.165) is 31.4 Å². The van der Waals surface area contributed by atoms with E-state index >= 15 is 0 Å². The highest BCUT2D eigenvalue weighted by Crippen LogP contribution is 2.35. The lowest BCUT2D eigenvalue weighted by Gasteiger charge is -2.24. The SMILES string of the molecule is CC1(C)CCCN(c2cc(C(F)(F)F)cc(Cl)n2)CC1. The van der Waals surface area contributed by atoms with E-state index in [1.165, 1.54) is 0 Å². The largest absolute Gasteiger partial charge is 0.416 e. The Hall–Kier alpha value is -0.970. The highest BCUT2D eigenvalue weighted by atomic mass is 35.5. The van der Waals surface area contributed by atoms with Gasteiger partial charge >= 0.3 is 6.18 Å². The molecule has 0 atom stereocenters. The van der Waals surface area contributed by atoms with E-state index in [0.29, 0.717) is 18.9 Å². The molecule has 1 saturated heterocycles. The summed E-state index contributed by atoms with van der Waals surface area (Å²) in [6, 6.07) is 1.96. The Morgan fingerprint density at radius 2 is 1.90 bits per heavy atom. The Kier molecular flexibility index (Phi) is 4.19. The molecule has 2 heterocycles. The monoisotopic (exact) mass is 306 g/mol. The summed E-state index contributed by atoms with van der Waals surface area (Å²) in [5.41, 5.74) is -0.517. The van der Waals surface area contributed by atoms with E-state index < -0.39 is 11.7 Å². The van der Waals surface area contributed by atoms with Gasteiger partial charge in [-0.15, -0.1) is 0 Å². The van der Waals surface area contributed by atoms with Gasteiger partial charge in [-0.05, 0) is 36.8 Å². The minimum absolute atomic E-state index is 0.113. The van der Waals surface area contributed by atoms with Crippen molar-refractivity contribution in [2.45, 2.75) is 39.3 Å². The van der Waals surface area contributed by atoms with Crippen LogP contribution in [0.2, 0.25) is 5.15 Å². The summed E-state index contributed by atoms with van der Waals surface area (Å²) < 4.78 is 38.4. The molecule has 0 unspecified atom stereocenters. The molecule has 1 fully saturated rings. The standard InChI is InChI=1S/C14H18ClF3N2/c1-13(2)4-3-6-20(7-5-13)12-9-10(14(16,17)18)8-11(15)19-12/h8-9H,3-7H2,1-2H3. The molecular weight excluding hydrogens is 289 g/mol. The van der Waals surface area contributed by atoms with E-state index in [4.69, 9.17) is 11.6 Å². The second-order valence-corrected chi connectivity index (χ2v) is 6.43. The third-order valence-corrected chi connectivity index (χ3v) is 3.97. The van der Waals surface area contributed by atoms with Crippen molar-refractivity contribution >= 4 is 17.4 Å². The minimum Gasteiger partial charge on any atom is -0.357 e. The first kappa shape index (κ1) is 15.4. The van der Waals surface area contributed by atoms with Crippen LogP contribution in [0.1, 0.15) is 38.7 Å². The maximum atomic E-state index is 12.8. The molecule has 2 nitrogen and oxygen atoms in total. The Bertz CT molecular complexity index is 486. The zero-order valence-electron chi connectivity index (χ0n) is 11.6. The van der Waals surface area contributed by atoms with Crippen LogP contribution in [0.15, 0.2) is 12.1 Å². The van der Waals surface area contributed by atoms with Crippen LogP contribution in [-0.2, 0) is 6.18 Å². The molecule has 6 heteroatoms. The van der Waals surface area contributed by atoms with E-state index in [9.17, 15) is 13.2 Å². The predicted molar refractivity (Wildman–Crippen MR) is 74.1 cm³/mol. The maximum Gasteiger partial charge on any atom is 0.416 e. The number of hydrogen-bond donors (Lipinski definition) is 0. The molecule has 0 radical (unpaired) electrons. The average molecular weight is 307 g/mol. The number of pyridine rings is 1. The van der Waals surface area contributed by atoms with Crippen molar-refractivity contribution in [1.82, 2.24) is 4.98 Å². The molecule has 1 aliphatic rings. The number of anilines is 1. The summed E-state index contributed by atoms with van der Waals surface area (Å²) in [6.45, 7) is 5.79. The summed E-state index contributed by atoms with van der Waals surface area (Å²) in [4.78, 5) is 5.95. The fraction of sp³-hybridized carbons (Fsp3) is 0.643. The Balaban J connectivity index is 2.26. The summed E-state index contributed by atoms with van der Waals surface area (Å²) >= 11 is 5.73. The molecule has 112 valence electrons. The van der Waals surface area contributed by atoms with Crippen LogP contribution < -0.4 is 4.90 Å². The summed E-state index contributed by atoms with van der Waals surface area (Å²) in [5.74, 6) is 0.322. The van der Waals surface area contributed by atoms with Crippen LogP contribution in [0, 0.1) is 5.41 Å². The van der Waals surface area contributed by atoms with Crippen molar-refractivity contribution in [3.05, 3.63) is 22.8 Å². The van der Waals surface area contributed by atoms with Gasteiger partial charge in [-0.2, -0.15) is 13.2 Å². The molecule has 1 aromatic rings. The first-order valence-electron chi connectivity index (χ1n) is 6.67. The first-order chi connectivity index (χ1) is 9.17. The lowest BCUT2D eigenvalue weighted by molar-refractivity contribution is -0.137. The Morgan fingerprint density at radius 1 is 1.20 bits per heavy atom. The van der Waals surface area contributed by atoms with Gasteiger partial charge in [0.2, 0.25) is 0 Å². The highest BCUT2D eigenvalue weighted by molar-refractivity contribution is 6.29. The molecule has 2 rings (SSSR count). The van der Waals surface area contributed by atoms with Crippen molar-refractivity contribution < 1.29 is 13.2 Å². The zero-order valence-corrected chi connectivity index (χ0v) is 12.4. The van der Waals surface area contributed by atoms with E-state index in [1.54, 1.807) is 0 Å². The van der Waals surface area contributed by atoms with Gasteiger partial charge in [0.05, 0.1) is 5.56 Å². The van der Waals surface area contributed by atoms with Gasteiger partial charge < -0.3 is 4.90 Å². The molecule has 20 heavy (non-hydrogen) atoms. The molecule has 0 aromatic carbocycles. The second-order valence-electron chi connectivity index (χ2n) is 6.04. The normalized spacial score (nSPS) is 19.8. The number of aromatic nitrogens is 1. The molecule has 0 bridgehead atoms. The Labute approximate surface area is 121 Å². The number of nitrogens with zero attached hydrogens (tertiary/aromatic N) is 2. The number of hydrogen-bond acceptors (Lipinski definition) is 2. The van der Waals surface area contributed by atoms with Crippen LogP contribution in [0.4, 0.5) is 19.0 Å². The lowest BCUT2D eigenvalue weighted by atomic mass is 9.85. The van der Waals surface area contributed by atoms with Gasteiger partial charge in [-0.1, -0.05) is 25.4 Å².